The molecule has 0 bridgehead atoms. The van der Waals surface area contributed by atoms with Gasteiger partial charge in [-0.3, -0.25) is 14.2 Å². The average Bonchev–Trinajstić information content (AvgIpc) is 3.36. The Morgan fingerprint density at radius 2 is 1.83 bits per heavy atom. The van der Waals surface area contributed by atoms with Gasteiger partial charge in [0.2, 0.25) is 5.91 Å². The molecule has 0 atom stereocenters. The highest BCUT2D eigenvalue weighted by Crippen LogP contribution is 2.22. The molecule has 0 saturated carbocycles. The van der Waals surface area contributed by atoms with Gasteiger partial charge in [0.1, 0.15) is 11.6 Å². The molecule has 0 aliphatic carbocycles. The van der Waals surface area contributed by atoms with Crippen molar-refractivity contribution in [3.63, 3.8) is 0 Å². The Bertz CT molecular complexity index is 1310. The molecule has 0 unspecified atom stereocenters. The van der Waals surface area contributed by atoms with Gasteiger partial charge in [0.25, 0.3) is 5.91 Å². The number of anilines is 1. The maximum absolute atomic E-state index is 13.1. The van der Waals surface area contributed by atoms with Crippen molar-refractivity contribution >= 4 is 29.3 Å². The number of ether oxygens (including phenoxy) is 1. The fourth-order valence-electron chi connectivity index (χ4n) is 3.28. The van der Waals surface area contributed by atoms with Crippen molar-refractivity contribution in [2.75, 3.05) is 18.2 Å². The molecule has 4 rings (SSSR count). The van der Waals surface area contributed by atoms with Crippen LogP contribution in [0.4, 0.5) is 10.1 Å². The van der Waals surface area contributed by atoms with E-state index in [2.05, 4.69) is 15.6 Å². The SMILES string of the molecule is COc1ccc(NC(=O)CSc2nccn2-c2cccc(C(=O)NCc3ccc(F)cc3)c2)cc1. The maximum atomic E-state index is 13.1. The van der Waals surface area contributed by atoms with Crippen LogP contribution in [0.2, 0.25) is 0 Å². The van der Waals surface area contributed by atoms with Crippen LogP contribution < -0.4 is 15.4 Å². The molecule has 0 aliphatic rings. The van der Waals surface area contributed by atoms with Gasteiger partial charge in [-0.05, 0) is 60.2 Å². The number of nitrogens with one attached hydrogen (secondary N) is 2. The molecule has 1 heterocycles. The van der Waals surface area contributed by atoms with Crippen LogP contribution in [0.1, 0.15) is 15.9 Å². The lowest BCUT2D eigenvalue weighted by atomic mass is 10.1. The third kappa shape index (κ3) is 6.48. The van der Waals surface area contributed by atoms with E-state index >= 15 is 0 Å². The number of carbonyl (C=O) groups excluding carboxylic acids is 2. The summed E-state index contributed by atoms with van der Waals surface area (Å²) < 4.78 is 20.0. The second-order valence-electron chi connectivity index (χ2n) is 7.50. The molecule has 1 aromatic heterocycles. The first-order valence-corrected chi connectivity index (χ1v) is 11.7. The Morgan fingerprint density at radius 3 is 2.57 bits per heavy atom. The van der Waals surface area contributed by atoms with Crippen LogP contribution in [0.5, 0.6) is 5.75 Å². The van der Waals surface area contributed by atoms with E-state index in [0.717, 1.165) is 11.3 Å². The van der Waals surface area contributed by atoms with Crippen LogP contribution >= 0.6 is 11.8 Å². The van der Waals surface area contributed by atoms with Crippen LogP contribution in [0, 0.1) is 5.82 Å². The highest BCUT2D eigenvalue weighted by Gasteiger charge is 2.12. The molecule has 178 valence electrons. The Balaban J connectivity index is 1.37. The van der Waals surface area contributed by atoms with Gasteiger partial charge in [-0.25, -0.2) is 9.37 Å². The highest BCUT2D eigenvalue weighted by atomic mass is 32.2. The second-order valence-corrected chi connectivity index (χ2v) is 8.45. The van der Waals surface area contributed by atoms with Crippen LogP contribution in [0.15, 0.2) is 90.3 Å². The van der Waals surface area contributed by atoms with E-state index in [1.165, 1.54) is 23.9 Å². The van der Waals surface area contributed by atoms with Crippen molar-refractivity contribution in [1.82, 2.24) is 14.9 Å². The molecule has 9 heteroatoms. The smallest absolute Gasteiger partial charge is 0.251 e. The summed E-state index contributed by atoms with van der Waals surface area (Å²) in [5.41, 5.74) is 2.71. The number of methoxy groups -OCH3 is 1. The number of benzene rings is 3. The number of rotatable bonds is 9. The number of nitrogens with zero attached hydrogens (tertiary/aromatic N) is 2. The zero-order valence-electron chi connectivity index (χ0n) is 18.9. The first-order chi connectivity index (χ1) is 17.0. The van der Waals surface area contributed by atoms with E-state index < -0.39 is 0 Å². The Morgan fingerprint density at radius 1 is 1.06 bits per heavy atom. The average molecular weight is 491 g/mol. The minimum absolute atomic E-state index is 0.163. The van der Waals surface area contributed by atoms with Gasteiger partial charge >= 0.3 is 0 Å². The van der Waals surface area contributed by atoms with E-state index in [0.29, 0.717) is 28.7 Å². The van der Waals surface area contributed by atoms with Crippen molar-refractivity contribution in [3.8, 4) is 11.4 Å². The van der Waals surface area contributed by atoms with Crippen LogP contribution in [0.3, 0.4) is 0 Å². The number of hydrogen-bond acceptors (Lipinski definition) is 5. The van der Waals surface area contributed by atoms with E-state index in [-0.39, 0.29) is 23.4 Å². The fourth-order valence-corrected chi connectivity index (χ4v) is 4.05. The second kappa shape index (κ2) is 11.3. The number of halogens is 1. The predicted octanol–water partition coefficient (Wildman–Crippen LogP) is 4.68. The van der Waals surface area contributed by atoms with Crippen molar-refractivity contribution < 1.29 is 18.7 Å². The van der Waals surface area contributed by atoms with Gasteiger partial charge in [0.05, 0.1) is 12.9 Å². The lowest BCUT2D eigenvalue weighted by molar-refractivity contribution is -0.113. The summed E-state index contributed by atoms with van der Waals surface area (Å²) in [5, 5.41) is 6.31. The molecular weight excluding hydrogens is 467 g/mol. The number of thioether (sulfide) groups is 1. The highest BCUT2D eigenvalue weighted by molar-refractivity contribution is 7.99. The van der Waals surface area contributed by atoms with Gasteiger partial charge in [0, 0.05) is 35.9 Å². The van der Waals surface area contributed by atoms with Crippen LogP contribution in [0.25, 0.3) is 5.69 Å². The maximum Gasteiger partial charge on any atom is 0.251 e. The fraction of sp³-hybridized carbons (Fsp3) is 0.115. The molecule has 2 amide bonds. The quantitative estimate of drug-likeness (QED) is 0.333. The molecule has 0 aliphatic heterocycles. The van der Waals surface area contributed by atoms with Crippen molar-refractivity contribution in [3.05, 3.63) is 102 Å². The summed E-state index contributed by atoms with van der Waals surface area (Å²) in [6.07, 6.45) is 3.42. The summed E-state index contributed by atoms with van der Waals surface area (Å²) in [7, 11) is 1.59. The topological polar surface area (TPSA) is 85.2 Å². The molecular formula is C26H23FN4O3S. The lowest BCUT2D eigenvalue weighted by Gasteiger charge is -2.10. The molecule has 0 saturated heterocycles. The van der Waals surface area contributed by atoms with E-state index in [1.807, 2.05) is 10.6 Å². The zero-order valence-corrected chi connectivity index (χ0v) is 19.7. The standard InChI is InChI=1S/C26H23FN4O3S/c1-34-23-11-9-21(10-12-23)30-24(32)17-35-26-28-13-14-31(26)22-4-2-3-19(15-22)25(33)29-16-18-5-7-20(27)8-6-18/h2-15H,16-17H2,1H3,(H,29,33)(H,30,32). The molecule has 7 nitrogen and oxygen atoms in total. The Labute approximate surface area is 206 Å². The first-order valence-electron chi connectivity index (χ1n) is 10.7. The van der Waals surface area contributed by atoms with Crippen molar-refractivity contribution in [2.45, 2.75) is 11.7 Å². The minimum Gasteiger partial charge on any atom is -0.497 e. The summed E-state index contributed by atoms with van der Waals surface area (Å²) in [5.74, 6) is 0.153. The van der Waals surface area contributed by atoms with Gasteiger partial charge in [-0.1, -0.05) is 30.0 Å². The number of amides is 2. The lowest BCUT2D eigenvalue weighted by Crippen LogP contribution is -2.22. The van der Waals surface area contributed by atoms with E-state index in [1.54, 1.807) is 74.1 Å². The first kappa shape index (κ1) is 24.0. The van der Waals surface area contributed by atoms with Gasteiger partial charge in [-0.2, -0.15) is 0 Å². The molecule has 0 spiro atoms. The Kier molecular flexibility index (Phi) is 7.79. The minimum atomic E-state index is -0.319. The molecule has 4 aromatic rings. The van der Waals surface area contributed by atoms with Gasteiger partial charge in [0.15, 0.2) is 5.16 Å². The van der Waals surface area contributed by atoms with Crippen LogP contribution in [-0.2, 0) is 11.3 Å². The number of carbonyl (C=O) groups is 2. The summed E-state index contributed by atoms with van der Waals surface area (Å²) in [6, 6.07) is 20.2. The summed E-state index contributed by atoms with van der Waals surface area (Å²) in [4.78, 5) is 29.4. The molecule has 2 N–H and O–H groups in total. The number of imidazole rings is 1. The monoisotopic (exact) mass is 490 g/mol. The predicted molar refractivity (Wildman–Crippen MR) is 133 cm³/mol. The normalized spacial score (nSPS) is 10.6. The molecule has 0 fully saturated rings. The summed E-state index contributed by atoms with van der Waals surface area (Å²) >= 11 is 1.29. The molecule has 3 aromatic carbocycles. The van der Waals surface area contributed by atoms with Gasteiger partial charge in [-0.15, -0.1) is 0 Å². The largest absolute Gasteiger partial charge is 0.497 e. The van der Waals surface area contributed by atoms with E-state index in [4.69, 9.17) is 4.74 Å². The zero-order chi connectivity index (χ0) is 24.6. The summed E-state index contributed by atoms with van der Waals surface area (Å²) in [6.45, 7) is 0.291. The third-order valence-electron chi connectivity index (χ3n) is 5.07. The third-order valence-corrected chi connectivity index (χ3v) is 6.03. The Hall–Kier alpha value is -4.11. The van der Waals surface area contributed by atoms with Crippen LogP contribution in [-0.4, -0.2) is 34.2 Å². The van der Waals surface area contributed by atoms with Crippen molar-refractivity contribution in [1.29, 1.82) is 0 Å². The number of hydrogen-bond donors (Lipinski definition) is 2. The van der Waals surface area contributed by atoms with Gasteiger partial charge < -0.3 is 15.4 Å². The molecule has 35 heavy (non-hydrogen) atoms. The van der Waals surface area contributed by atoms with E-state index in [9.17, 15) is 14.0 Å². The molecule has 0 radical (unpaired) electrons. The number of aromatic nitrogens is 2. The van der Waals surface area contributed by atoms with Crippen molar-refractivity contribution in [2.24, 2.45) is 0 Å².